The molecule has 136 valence electrons. The van der Waals surface area contributed by atoms with Gasteiger partial charge in [-0.3, -0.25) is 9.69 Å². The van der Waals surface area contributed by atoms with E-state index >= 15 is 0 Å². The number of hydrogen-bond donors (Lipinski definition) is 1. The van der Waals surface area contributed by atoms with Crippen LogP contribution in [0, 0.1) is 12.7 Å². The van der Waals surface area contributed by atoms with Crippen LogP contribution in [0.4, 0.5) is 4.39 Å². The van der Waals surface area contributed by atoms with E-state index in [0.29, 0.717) is 17.5 Å². The summed E-state index contributed by atoms with van der Waals surface area (Å²) in [6.45, 7) is 4.14. The molecule has 1 aromatic carbocycles. The van der Waals surface area contributed by atoms with Crippen molar-refractivity contribution in [1.82, 2.24) is 10.2 Å². The van der Waals surface area contributed by atoms with Crippen molar-refractivity contribution in [2.24, 2.45) is 0 Å². The van der Waals surface area contributed by atoms with E-state index in [1.165, 1.54) is 6.07 Å². The van der Waals surface area contributed by atoms with Gasteiger partial charge in [0.2, 0.25) is 0 Å². The van der Waals surface area contributed by atoms with Crippen molar-refractivity contribution in [3.05, 3.63) is 59.5 Å². The second kappa shape index (κ2) is 6.96. The number of halogens is 1. The van der Waals surface area contributed by atoms with Gasteiger partial charge in [0.1, 0.15) is 5.76 Å². The van der Waals surface area contributed by atoms with Crippen molar-refractivity contribution in [2.45, 2.75) is 25.8 Å². The minimum Gasteiger partial charge on any atom is -0.468 e. The Kier molecular flexibility index (Phi) is 4.51. The molecule has 0 bridgehead atoms. The van der Waals surface area contributed by atoms with E-state index < -0.39 is 5.82 Å². The van der Waals surface area contributed by atoms with Crippen LogP contribution in [0.5, 0.6) is 0 Å². The largest absolute Gasteiger partial charge is 0.468 e. The number of hydrogen-bond acceptors (Lipinski definition) is 4. The third kappa shape index (κ3) is 3.01. The summed E-state index contributed by atoms with van der Waals surface area (Å²) in [6.07, 6.45) is 3.94. The number of likely N-dealkylation sites (tertiary alicyclic amines) is 1. The number of fused-ring (bicyclic) bond motifs is 1. The molecule has 3 heterocycles. The molecule has 1 N–H and O–H groups in total. The van der Waals surface area contributed by atoms with Crippen molar-refractivity contribution in [3.8, 4) is 0 Å². The zero-order valence-electron chi connectivity index (χ0n) is 14.6. The van der Waals surface area contributed by atoms with Gasteiger partial charge in [-0.15, -0.1) is 0 Å². The summed E-state index contributed by atoms with van der Waals surface area (Å²) in [4.78, 5) is 15.0. The smallest absolute Gasteiger partial charge is 0.287 e. The zero-order valence-corrected chi connectivity index (χ0v) is 14.6. The van der Waals surface area contributed by atoms with Gasteiger partial charge < -0.3 is 14.2 Å². The van der Waals surface area contributed by atoms with E-state index in [4.69, 9.17) is 8.83 Å². The van der Waals surface area contributed by atoms with Crippen LogP contribution in [-0.2, 0) is 0 Å². The summed E-state index contributed by atoms with van der Waals surface area (Å²) in [6, 6.07) is 8.46. The predicted octanol–water partition coefficient (Wildman–Crippen LogP) is 4.04. The Bertz CT molecular complexity index is 911. The van der Waals surface area contributed by atoms with Gasteiger partial charge in [0.15, 0.2) is 17.2 Å². The Morgan fingerprint density at radius 1 is 1.27 bits per heavy atom. The maximum absolute atomic E-state index is 13.9. The molecule has 2 aromatic heterocycles. The maximum Gasteiger partial charge on any atom is 0.287 e. The first kappa shape index (κ1) is 16.8. The quantitative estimate of drug-likeness (QED) is 0.750. The number of rotatable bonds is 5. The lowest BCUT2D eigenvalue weighted by molar-refractivity contribution is 0.0907. The van der Waals surface area contributed by atoms with Crippen molar-refractivity contribution in [1.29, 1.82) is 0 Å². The van der Waals surface area contributed by atoms with Crippen LogP contribution in [-0.4, -0.2) is 30.4 Å². The van der Waals surface area contributed by atoms with Gasteiger partial charge in [0, 0.05) is 17.5 Å². The van der Waals surface area contributed by atoms with Gasteiger partial charge in [-0.25, -0.2) is 4.39 Å². The highest BCUT2D eigenvalue weighted by Crippen LogP contribution is 2.28. The molecule has 26 heavy (non-hydrogen) atoms. The number of amides is 1. The first-order valence-corrected chi connectivity index (χ1v) is 8.88. The van der Waals surface area contributed by atoms with Crippen molar-refractivity contribution >= 4 is 16.9 Å². The van der Waals surface area contributed by atoms with Gasteiger partial charge in [-0.05, 0) is 51.1 Å². The highest BCUT2D eigenvalue weighted by molar-refractivity contribution is 5.99. The fraction of sp³-hybridized carbons (Fsp3) is 0.350. The Morgan fingerprint density at radius 3 is 2.77 bits per heavy atom. The van der Waals surface area contributed by atoms with Crippen LogP contribution in [0.25, 0.3) is 11.0 Å². The van der Waals surface area contributed by atoms with Crippen LogP contribution >= 0.6 is 0 Å². The van der Waals surface area contributed by atoms with Crippen molar-refractivity contribution in [2.75, 3.05) is 19.6 Å². The summed E-state index contributed by atoms with van der Waals surface area (Å²) in [5.41, 5.74) is 0.769. The molecule has 1 atom stereocenters. The molecule has 1 aliphatic heterocycles. The van der Waals surface area contributed by atoms with E-state index in [9.17, 15) is 9.18 Å². The number of benzene rings is 1. The van der Waals surface area contributed by atoms with Gasteiger partial charge in [-0.2, -0.15) is 0 Å². The topological polar surface area (TPSA) is 58.6 Å². The molecule has 1 aliphatic rings. The van der Waals surface area contributed by atoms with Crippen LogP contribution in [0.15, 0.2) is 45.4 Å². The standard InChI is InChI=1S/C20H21FN2O3/c1-13-14-6-4-7-15(21)19(14)26-18(13)20(24)22-12-16(17-8-5-11-25-17)23-9-2-3-10-23/h4-8,11,16H,2-3,9-10,12H2,1H3,(H,22,24)/t16-/m1/s1. The van der Waals surface area contributed by atoms with Crippen molar-refractivity contribution in [3.63, 3.8) is 0 Å². The van der Waals surface area contributed by atoms with E-state index in [1.54, 1.807) is 25.3 Å². The monoisotopic (exact) mass is 356 g/mol. The molecular weight excluding hydrogens is 335 g/mol. The molecule has 0 radical (unpaired) electrons. The Morgan fingerprint density at radius 2 is 2.08 bits per heavy atom. The van der Waals surface area contributed by atoms with Gasteiger partial charge >= 0.3 is 0 Å². The first-order chi connectivity index (χ1) is 12.6. The minimum absolute atomic E-state index is 0.0159. The fourth-order valence-corrected chi connectivity index (χ4v) is 3.64. The number of nitrogens with zero attached hydrogens (tertiary/aromatic N) is 1. The molecule has 1 amide bonds. The normalized spacial score (nSPS) is 16.2. The lowest BCUT2D eigenvalue weighted by Gasteiger charge is -2.25. The SMILES string of the molecule is Cc1c(C(=O)NC[C@H](c2ccco2)N2CCCC2)oc2c(F)cccc12. The van der Waals surface area contributed by atoms with Crippen LogP contribution in [0.2, 0.25) is 0 Å². The van der Waals surface area contributed by atoms with Gasteiger partial charge in [0.25, 0.3) is 5.91 Å². The number of carbonyl (C=O) groups excluding carboxylic acids is 1. The average Bonchev–Trinajstić information content (AvgIpc) is 3.38. The lowest BCUT2D eigenvalue weighted by atomic mass is 10.1. The number of carbonyl (C=O) groups is 1. The molecular formula is C20H21FN2O3. The highest BCUT2D eigenvalue weighted by atomic mass is 19.1. The number of furan rings is 2. The van der Waals surface area contributed by atoms with Gasteiger partial charge in [0.05, 0.1) is 12.3 Å². The second-order valence-electron chi connectivity index (χ2n) is 6.66. The maximum atomic E-state index is 13.9. The molecule has 0 aliphatic carbocycles. The van der Waals surface area contributed by atoms with Crippen LogP contribution < -0.4 is 5.32 Å². The summed E-state index contributed by atoms with van der Waals surface area (Å²) >= 11 is 0. The van der Waals surface area contributed by atoms with E-state index in [0.717, 1.165) is 31.7 Å². The Labute approximate surface area is 150 Å². The van der Waals surface area contributed by atoms with Crippen LogP contribution in [0.1, 0.15) is 40.8 Å². The Hall–Kier alpha value is -2.60. The van der Waals surface area contributed by atoms with E-state index in [2.05, 4.69) is 10.2 Å². The molecule has 3 aromatic rings. The fourth-order valence-electron chi connectivity index (χ4n) is 3.64. The van der Waals surface area contributed by atoms with E-state index in [-0.39, 0.29) is 23.3 Å². The molecule has 6 heteroatoms. The molecule has 4 rings (SSSR count). The summed E-state index contributed by atoms with van der Waals surface area (Å²) in [5, 5.41) is 3.55. The summed E-state index contributed by atoms with van der Waals surface area (Å²) < 4.78 is 25.0. The predicted molar refractivity (Wildman–Crippen MR) is 95.5 cm³/mol. The Balaban J connectivity index is 1.54. The molecule has 0 unspecified atom stereocenters. The highest BCUT2D eigenvalue weighted by Gasteiger charge is 2.27. The van der Waals surface area contributed by atoms with Crippen molar-refractivity contribution < 1.29 is 18.0 Å². The molecule has 1 fully saturated rings. The lowest BCUT2D eigenvalue weighted by Crippen LogP contribution is -2.36. The number of para-hydroxylation sites is 1. The number of aryl methyl sites for hydroxylation is 1. The third-order valence-electron chi connectivity index (χ3n) is 5.03. The number of nitrogens with one attached hydrogen (secondary N) is 1. The summed E-state index contributed by atoms with van der Waals surface area (Å²) in [5.74, 6) is 0.188. The molecule has 1 saturated heterocycles. The minimum atomic E-state index is -0.463. The third-order valence-corrected chi connectivity index (χ3v) is 5.03. The van der Waals surface area contributed by atoms with Gasteiger partial charge in [-0.1, -0.05) is 12.1 Å². The average molecular weight is 356 g/mol. The molecule has 0 spiro atoms. The molecule has 0 saturated carbocycles. The van der Waals surface area contributed by atoms with Crippen LogP contribution in [0.3, 0.4) is 0 Å². The zero-order chi connectivity index (χ0) is 18.1. The van der Waals surface area contributed by atoms with E-state index in [1.807, 2.05) is 12.1 Å². The first-order valence-electron chi connectivity index (χ1n) is 8.88. The molecule has 5 nitrogen and oxygen atoms in total. The second-order valence-corrected chi connectivity index (χ2v) is 6.66. The summed E-state index contributed by atoms with van der Waals surface area (Å²) in [7, 11) is 0.